The van der Waals surface area contributed by atoms with Crippen molar-refractivity contribution in [3.05, 3.63) is 41.0 Å². The molecule has 0 saturated carbocycles. The predicted octanol–water partition coefficient (Wildman–Crippen LogP) is 1.82. The first-order chi connectivity index (χ1) is 10.5. The summed E-state index contributed by atoms with van der Waals surface area (Å²) in [6.45, 7) is 1.91. The molecule has 2 rings (SSSR count). The first kappa shape index (κ1) is 15.9. The maximum Gasteiger partial charge on any atom is 0.225 e. The number of tetrazole rings is 1. The molecule has 0 radical (unpaired) electrons. The fourth-order valence-corrected chi connectivity index (χ4v) is 1.99. The summed E-state index contributed by atoms with van der Waals surface area (Å²) in [6.07, 6.45) is 0.895. The molecule has 0 spiro atoms. The van der Waals surface area contributed by atoms with E-state index in [9.17, 15) is 18.0 Å². The SMILES string of the molecule is CCC[C@H](NC(=O)Cc1cc(F)c(F)cc1F)c1nn[nH]n1. The number of H-pyrrole nitrogens is 1. The molecule has 22 heavy (non-hydrogen) atoms. The Morgan fingerprint density at radius 1 is 1.27 bits per heavy atom. The monoisotopic (exact) mass is 313 g/mol. The molecular formula is C13H14F3N5O. The smallest absolute Gasteiger partial charge is 0.225 e. The van der Waals surface area contributed by atoms with E-state index in [1.807, 2.05) is 6.92 Å². The number of carbonyl (C=O) groups is 1. The molecule has 1 heterocycles. The maximum atomic E-state index is 13.5. The molecule has 0 aliphatic rings. The fourth-order valence-electron chi connectivity index (χ4n) is 1.99. The average Bonchev–Trinajstić information content (AvgIpc) is 2.98. The summed E-state index contributed by atoms with van der Waals surface area (Å²) in [6, 6.07) is 0.610. The van der Waals surface area contributed by atoms with Crippen LogP contribution in [0.1, 0.15) is 37.2 Å². The minimum atomic E-state index is -1.29. The van der Waals surface area contributed by atoms with E-state index in [0.29, 0.717) is 24.4 Å². The Kier molecular flexibility index (Phi) is 5.08. The lowest BCUT2D eigenvalue weighted by Gasteiger charge is -2.14. The summed E-state index contributed by atoms with van der Waals surface area (Å²) in [4.78, 5) is 12.0. The summed E-state index contributed by atoms with van der Waals surface area (Å²) < 4.78 is 39.5. The van der Waals surface area contributed by atoms with Gasteiger partial charge in [-0.2, -0.15) is 5.21 Å². The fraction of sp³-hybridized carbons (Fsp3) is 0.385. The van der Waals surface area contributed by atoms with E-state index in [2.05, 4.69) is 25.9 Å². The molecule has 1 atom stereocenters. The first-order valence-corrected chi connectivity index (χ1v) is 6.67. The van der Waals surface area contributed by atoms with Crippen LogP contribution in [0.5, 0.6) is 0 Å². The Morgan fingerprint density at radius 3 is 2.64 bits per heavy atom. The second-order valence-corrected chi connectivity index (χ2v) is 4.71. The molecule has 118 valence electrons. The molecule has 0 aliphatic heterocycles. The number of nitrogens with zero attached hydrogens (tertiary/aromatic N) is 3. The molecular weight excluding hydrogens is 299 g/mol. The zero-order valence-corrected chi connectivity index (χ0v) is 11.7. The van der Waals surface area contributed by atoms with Crippen molar-refractivity contribution in [2.24, 2.45) is 0 Å². The van der Waals surface area contributed by atoms with Gasteiger partial charge in [0.05, 0.1) is 12.5 Å². The molecule has 2 aromatic rings. The van der Waals surface area contributed by atoms with Crippen LogP contribution >= 0.6 is 0 Å². The highest BCUT2D eigenvalue weighted by Gasteiger charge is 2.19. The quantitative estimate of drug-likeness (QED) is 0.797. The van der Waals surface area contributed by atoms with Gasteiger partial charge in [0.1, 0.15) is 5.82 Å². The van der Waals surface area contributed by atoms with Gasteiger partial charge in [-0.1, -0.05) is 18.6 Å². The molecule has 1 aromatic carbocycles. The van der Waals surface area contributed by atoms with Crippen LogP contribution in [0.15, 0.2) is 12.1 Å². The van der Waals surface area contributed by atoms with Crippen LogP contribution in [-0.2, 0) is 11.2 Å². The van der Waals surface area contributed by atoms with Crippen LogP contribution < -0.4 is 5.32 Å². The Labute approximate surface area is 124 Å². The van der Waals surface area contributed by atoms with E-state index in [0.717, 1.165) is 6.42 Å². The topological polar surface area (TPSA) is 83.6 Å². The number of hydrogen-bond acceptors (Lipinski definition) is 4. The third kappa shape index (κ3) is 3.80. The normalized spacial score (nSPS) is 12.2. The van der Waals surface area contributed by atoms with Crippen molar-refractivity contribution < 1.29 is 18.0 Å². The molecule has 0 fully saturated rings. The Bertz CT molecular complexity index is 647. The maximum absolute atomic E-state index is 13.5. The summed E-state index contributed by atoms with van der Waals surface area (Å²) >= 11 is 0. The second kappa shape index (κ2) is 7.01. The van der Waals surface area contributed by atoms with Crippen LogP contribution in [0.3, 0.4) is 0 Å². The van der Waals surface area contributed by atoms with Gasteiger partial charge in [0.25, 0.3) is 0 Å². The molecule has 0 aliphatic carbocycles. The van der Waals surface area contributed by atoms with Gasteiger partial charge in [-0.3, -0.25) is 4.79 Å². The summed E-state index contributed by atoms with van der Waals surface area (Å²) in [5.74, 6) is -3.71. The lowest BCUT2D eigenvalue weighted by atomic mass is 10.1. The largest absolute Gasteiger partial charge is 0.346 e. The second-order valence-electron chi connectivity index (χ2n) is 4.71. The van der Waals surface area contributed by atoms with E-state index in [-0.39, 0.29) is 5.56 Å². The summed E-state index contributed by atoms with van der Waals surface area (Å²) in [7, 11) is 0. The average molecular weight is 313 g/mol. The van der Waals surface area contributed by atoms with Crippen molar-refractivity contribution >= 4 is 5.91 Å². The van der Waals surface area contributed by atoms with Crippen molar-refractivity contribution in [1.82, 2.24) is 25.9 Å². The molecule has 2 N–H and O–H groups in total. The van der Waals surface area contributed by atoms with E-state index < -0.39 is 35.8 Å². The highest BCUT2D eigenvalue weighted by Crippen LogP contribution is 2.16. The van der Waals surface area contributed by atoms with Gasteiger partial charge < -0.3 is 5.32 Å². The molecule has 1 amide bonds. The number of amides is 1. The number of aromatic nitrogens is 4. The van der Waals surface area contributed by atoms with Crippen LogP contribution in [-0.4, -0.2) is 26.5 Å². The summed E-state index contributed by atoms with van der Waals surface area (Å²) in [5, 5.41) is 15.9. The minimum absolute atomic E-state index is 0.222. The number of rotatable bonds is 6. The molecule has 0 saturated heterocycles. The molecule has 9 heteroatoms. The Morgan fingerprint density at radius 2 is 2.00 bits per heavy atom. The lowest BCUT2D eigenvalue weighted by molar-refractivity contribution is -0.121. The van der Waals surface area contributed by atoms with Crippen molar-refractivity contribution in [1.29, 1.82) is 0 Å². The van der Waals surface area contributed by atoms with Gasteiger partial charge in [-0.15, -0.1) is 10.2 Å². The van der Waals surface area contributed by atoms with Crippen LogP contribution in [0.25, 0.3) is 0 Å². The van der Waals surface area contributed by atoms with Crippen LogP contribution in [0.4, 0.5) is 13.2 Å². The minimum Gasteiger partial charge on any atom is -0.346 e. The standard InChI is InChI=1S/C13H14F3N5O/c1-2-3-11(13-18-20-21-19-13)17-12(22)5-7-4-9(15)10(16)6-8(7)14/h4,6,11H,2-3,5H2,1H3,(H,17,22)(H,18,19,20,21)/t11-/m0/s1. The van der Waals surface area contributed by atoms with E-state index in [4.69, 9.17) is 0 Å². The first-order valence-electron chi connectivity index (χ1n) is 6.67. The van der Waals surface area contributed by atoms with Crippen molar-refractivity contribution in [3.63, 3.8) is 0 Å². The summed E-state index contributed by atoms with van der Waals surface area (Å²) in [5.41, 5.74) is -0.222. The van der Waals surface area contributed by atoms with Gasteiger partial charge >= 0.3 is 0 Å². The van der Waals surface area contributed by atoms with Gasteiger partial charge in [-0.05, 0) is 12.5 Å². The Balaban J connectivity index is 2.07. The predicted molar refractivity (Wildman–Crippen MR) is 70.0 cm³/mol. The van der Waals surface area contributed by atoms with Gasteiger partial charge in [0.15, 0.2) is 17.5 Å². The van der Waals surface area contributed by atoms with Gasteiger partial charge in [-0.25, -0.2) is 13.2 Å². The van der Waals surface area contributed by atoms with Crippen LogP contribution in [0, 0.1) is 17.5 Å². The Hall–Kier alpha value is -2.45. The van der Waals surface area contributed by atoms with Gasteiger partial charge in [0.2, 0.25) is 5.91 Å². The molecule has 0 unspecified atom stereocenters. The zero-order chi connectivity index (χ0) is 16.1. The number of hydrogen-bond donors (Lipinski definition) is 2. The number of carbonyl (C=O) groups excluding carboxylic acids is 1. The molecule has 0 bridgehead atoms. The van der Waals surface area contributed by atoms with Gasteiger partial charge in [0, 0.05) is 11.6 Å². The van der Waals surface area contributed by atoms with Crippen molar-refractivity contribution in [2.75, 3.05) is 0 Å². The highest BCUT2D eigenvalue weighted by atomic mass is 19.2. The number of nitrogens with one attached hydrogen (secondary N) is 2. The number of benzene rings is 1. The third-order valence-corrected chi connectivity index (χ3v) is 3.03. The van der Waals surface area contributed by atoms with Crippen molar-refractivity contribution in [3.8, 4) is 0 Å². The number of halogens is 3. The lowest BCUT2D eigenvalue weighted by Crippen LogP contribution is -2.31. The van der Waals surface area contributed by atoms with E-state index in [1.165, 1.54) is 0 Å². The zero-order valence-electron chi connectivity index (χ0n) is 11.7. The highest BCUT2D eigenvalue weighted by molar-refractivity contribution is 5.79. The van der Waals surface area contributed by atoms with E-state index >= 15 is 0 Å². The number of aromatic amines is 1. The van der Waals surface area contributed by atoms with Crippen molar-refractivity contribution in [2.45, 2.75) is 32.2 Å². The molecule has 1 aromatic heterocycles. The van der Waals surface area contributed by atoms with Crippen LogP contribution in [0.2, 0.25) is 0 Å². The molecule has 6 nitrogen and oxygen atoms in total. The van der Waals surface area contributed by atoms with E-state index in [1.54, 1.807) is 0 Å². The third-order valence-electron chi connectivity index (χ3n) is 3.03.